The van der Waals surface area contributed by atoms with Gasteiger partial charge in [0.25, 0.3) is 0 Å². The van der Waals surface area contributed by atoms with Crippen molar-refractivity contribution in [3.8, 4) is 0 Å². The molecule has 0 bridgehead atoms. The number of carbonyl (C=O) groups is 1. The standard InChI is InChI=1S/C29H50N2.C3H8N2O.H2/c1-7-11-23-12-13-24-26-15-14-25(22(4)31-21-10-20-30-19-9-3)29(26,6)18-16-27(24)28(23,5)17-8-2;1-5(2)4-3-6;/h7,11,24-27,30H,1,8-10,12-21H2,2-6H3;3H,1-2H3,(H,4,6);1H/b23-11-,31-22?;;. The van der Waals surface area contributed by atoms with Crippen LogP contribution in [0.2, 0.25) is 0 Å². The largest absolute Gasteiger partial charge is 0.317 e. The molecule has 0 aromatic heterocycles. The van der Waals surface area contributed by atoms with E-state index in [0.717, 1.165) is 37.4 Å². The Bertz CT molecular complexity index is 781. The van der Waals surface area contributed by atoms with Crippen LogP contribution in [-0.4, -0.2) is 50.9 Å². The fourth-order valence-corrected chi connectivity index (χ4v) is 8.27. The van der Waals surface area contributed by atoms with Crippen molar-refractivity contribution in [1.29, 1.82) is 0 Å². The van der Waals surface area contributed by atoms with Crippen molar-refractivity contribution in [3.05, 3.63) is 24.3 Å². The van der Waals surface area contributed by atoms with Gasteiger partial charge in [-0.25, -0.2) is 5.01 Å². The van der Waals surface area contributed by atoms with Crippen LogP contribution in [0.15, 0.2) is 29.3 Å². The van der Waals surface area contributed by atoms with Crippen molar-refractivity contribution < 1.29 is 6.22 Å². The number of carbonyl (C=O) groups excluding carboxylic acids is 1. The minimum Gasteiger partial charge on any atom is -0.317 e. The summed E-state index contributed by atoms with van der Waals surface area (Å²) in [4.78, 5) is 14.6. The van der Waals surface area contributed by atoms with Crippen molar-refractivity contribution >= 4 is 12.1 Å². The third-order valence-electron chi connectivity index (χ3n) is 9.94. The molecule has 1 amide bonds. The van der Waals surface area contributed by atoms with Gasteiger partial charge in [0.1, 0.15) is 0 Å². The molecule has 214 valence electrons. The zero-order valence-electron chi connectivity index (χ0n) is 25.2. The fraction of sp³-hybridized carbons (Fsp3) is 0.812. The lowest BCUT2D eigenvalue weighted by molar-refractivity contribution is -0.112. The van der Waals surface area contributed by atoms with Gasteiger partial charge in [-0.15, -0.1) is 0 Å². The van der Waals surface area contributed by atoms with E-state index in [0.29, 0.717) is 23.2 Å². The Labute approximate surface area is 230 Å². The van der Waals surface area contributed by atoms with Crippen LogP contribution in [0.5, 0.6) is 0 Å². The average Bonchev–Trinajstić information content (AvgIpc) is 3.21. The number of nitrogens with one attached hydrogen (secondary N) is 2. The molecule has 0 aliphatic heterocycles. The summed E-state index contributed by atoms with van der Waals surface area (Å²) in [5.41, 5.74) is 6.37. The first-order valence-electron chi connectivity index (χ1n) is 15.1. The van der Waals surface area contributed by atoms with Crippen LogP contribution in [0.1, 0.15) is 100 Å². The highest BCUT2D eigenvalue weighted by atomic mass is 16.1. The second-order valence-electron chi connectivity index (χ2n) is 12.5. The fourth-order valence-electron chi connectivity index (χ4n) is 8.27. The first kappa shape index (κ1) is 31.8. The third-order valence-corrected chi connectivity index (χ3v) is 9.94. The van der Waals surface area contributed by atoms with E-state index < -0.39 is 0 Å². The molecule has 3 rings (SSSR count). The highest BCUT2D eigenvalue weighted by Crippen LogP contribution is 2.66. The first-order chi connectivity index (χ1) is 17.7. The van der Waals surface area contributed by atoms with Gasteiger partial charge in [-0.2, -0.15) is 0 Å². The van der Waals surface area contributed by atoms with E-state index in [-0.39, 0.29) is 1.43 Å². The molecule has 0 heterocycles. The second-order valence-corrected chi connectivity index (χ2v) is 12.5. The molecule has 3 fully saturated rings. The molecule has 0 spiro atoms. The van der Waals surface area contributed by atoms with Crippen molar-refractivity contribution in [3.63, 3.8) is 0 Å². The number of nitrogens with zero attached hydrogens (tertiary/aromatic N) is 2. The smallest absolute Gasteiger partial charge is 0.221 e. The minimum atomic E-state index is 0. The quantitative estimate of drug-likeness (QED) is 0.126. The number of hydrazine groups is 1. The Morgan fingerprint density at radius 1 is 1.14 bits per heavy atom. The van der Waals surface area contributed by atoms with E-state index in [4.69, 9.17) is 4.99 Å². The lowest BCUT2D eigenvalue weighted by Crippen LogP contribution is -2.50. The number of amides is 1. The number of fused-ring (bicyclic) bond motifs is 3. The summed E-state index contributed by atoms with van der Waals surface area (Å²) >= 11 is 0. The summed E-state index contributed by atoms with van der Waals surface area (Å²) in [7, 11) is 3.49. The van der Waals surface area contributed by atoms with E-state index in [1.807, 2.05) is 6.08 Å². The van der Waals surface area contributed by atoms with Gasteiger partial charge in [-0.3, -0.25) is 15.2 Å². The molecule has 6 unspecified atom stereocenters. The normalized spacial score (nSPS) is 34.4. The van der Waals surface area contributed by atoms with Gasteiger partial charge in [0.2, 0.25) is 6.41 Å². The minimum absolute atomic E-state index is 0. The molecule has 3 saturated carbocycles. The molecule has 37 heavy (non-hydrogen) atoms. The SMILES string of the molecule is C=C/C=C1/CCC2C(CCC3(C)C(C(C)=NCCCNCCC)CCC23)C1(C)CCC.CN(C)NC=O.[HH]. The molecule has 3 aliphatic carbocycles. The van der Waals surface area contributed by atoms with E-state index in [1.54, 1.807) is 24.7 Å². The Kier molecular flexibility index (Phi) is 13.1. The van der Waals surface area contributed by atoms with Crippen molar-refractivity contribution in [2.45, 2.75) is 98.8 Å². The third kappa shape index (κ3) is 7.79. The van der Waals surface area contributed by atoms with Crippen LogP contribution >= 0.6 is 0 Å². The first-order valence-corrected chi connectivity index (χ1v) is 15.1. The van der Waals surface area contributed by atoms with Gasteiger partial charge in [-0.1, -0.05) is 58.4 Å². The summed E-state index contributed by atoms with van der Waals surface area (Å²) < 4.78 is 0. The van der Waals surface area contributed by atoms with E-state index in [1.165, 1.54) is 69.9 Å². The molecular weight excluding hydrogens is 456 g/mol. The molecule has 0 saturated heterocycles. The van der Waals surface area contributed by atoms with Gasteiger partial charge in [0, 0.05) is 33.7 Å². The molecule has 3 aliphatic rings. The summed E-state index contributed by atoms with van der Waals surface area (Å²) in [6.45, 7) is 19.4. The Hall–Kier alpha value is -1.46. The number of rotatable bonds is 12. The van der Waals surface area contributed by atoms with E-state index in [2.05, 4.69) is 58.0 Å². The van der Waals surface area contributed by atoms with E-state index >= 15 is 0 Å². The van der Waals surface area contributed by atoms with Gasteiger partial charge in [0.05, 0.1) is 0 Å². The molecule has 0 radical (unpaired) electrons. The maximum absolute atomic E-state index is 9.46. The highest BCUT2D eigenvalue weighted by Gasteiger charge is 2.58. The predicted molar refractivity (Wildman–Crippen MR) is 162 cm³/mol. The second kappa shape index (κ2) is 15.2. The topological polar surface area (TPSA) is 56.7 Å². The summed E-state index contributed by atoms with van der Waals surface area (Å²) in [6, 6.07) is 0. The van der Waals surface area contributed by atoms with Crippen LogP contribution in [0.4, 0.5) is 0 Å². The Balaban J connectivity index is 0.000000925. The van der Waals surface area contributed by atoms with Crippen LogP contribution in [0.25, 0.3) is 0 Å². The monoisotopic (exact) mass is 516 g/mol. The van der Waals surface area contributed by atoms with Crippen molar-refractivity contribution in [1.82, 2.24) is 15.8 Å². The van der Waals surface area contributed by atoms with Crippen LogP contribution in [-0.2, 0) is 4.79 Å². The Morgan fingerprint density at radius 3 is 2.49 bits per heavy atom. The molecule has 2 N–H and O–H groups in total. The predicted octanol–water partition coefficient (Wildman–Crippen LogP) is 7.06. The molecule has 0 aromatic carbocycles. The number of allylic oxidation sites excluding steroid dienone is 3. The van der Waals surface area contributed by atoms with Crippen molar-refractivity contribution in [2.24, 2.45) is 39.5 Å². The zero-order chi connectivity index (χ0) is 27.5. The molecular formula is C32H60N4O. The van der Waals surface area contributed by atoms with E-state index in [9.17, 15) is 4.79 Å². The van der Waals surface area contributed by atoms with Gasteiger partial charge >= 0.3 is 0 Å². The summed E-state index contributed by atoms with van der Waals surface area (Å²) in [5.74, 6) is 3.39. The van der Waals surface area contributed by atoms with Gasteiger partial charge in [-0.05, 0) is 106 Å². The van der Waals surface area contributed by atoms with Crippen LogP contribution in [0.3, 0.4) is 0 Å². The average molecular weight is 517 g/mol. The zero-order valence-corrected chi connectivity index (χ0v) is 25.2. The van der Waals surface area contributed by atoms with Gasteiger partial charge < -0.3 is 5.32 Å². The van der Waals surface area contributed by atoms with Crippen LogP contribution in [0, 0.1) is 34.5 Å². The highest BCUT2D eigenvalue weighted by molar-refractivity contribution is 5.85. The number of aliphatic imine (C=N–C) groups is 1. The maximum atomic E-state index is 9.46. The van der Waals surface area contributed by atoms with Crippen molar-refractivity contribution in [2.75, 3.05) is 33.7 Å². The number of hydrogen-bond acceptors (Lipinski definition) is 4. The van der Waals surface area contributed by atoms with Gasteiger partial charge in [0.15, 0.2) is 0 Å². The summed E-state index contributed by atoms with van der Waals surface area (Å²) in [6.07, 6.45) is 18.3. The maximum Gasteiger partial charge on any atom is 0.221 e. The number of hydrogen-bond donors (Lipinski definition) is 2. The Morgan fingerprint density at radius 2 is 1.89 bits per heavy atom. The molecule has 5 heteroatoms. The molecule has 5 nitrogen and oxygen atoms in total. The lowest BCUT2D eigenvalue weighted by atomic mass is 9.47. The molecule has 0 aromatic rings. The molecule has 6 atom stereocenters. The lowest BCUT2D eigenvalue weighted by Gasteiger charge is -2.57. The van der Waals surface area contributed by atoms with Crippen LogP contribution < -0.4 is 10.7 Å². The summed E-state index contributed by atoms with van der Waals surface area (Å²) in [5, 5.41) is 5.08.